The largest absolute Gasteiger partial charge is 0.462 e. The van der Waals surface area contributed by atoms with Crippen LogP contribution in [0.4, 0.5) is 0 Å². The first-order valence-electron chi connectivity index (χ1n) is 12.4. The van der Waals surface area contributed by atoms with Crippen molar-refractivity contribution in [1.29, 1.82) is 0 Å². The SMILES string of the molecule is CC(=O)O[C@H]1CC[C@H]2[C@@H]3CC=C4c5sc(-c6cccc(Cl)c6)nc5CC[C@]4(C)[C@H]3CC[C@]12C. The molecular weight excluding hydrogens is 450 g/mol. The second-order valence-electron chi connectivity index (χ2n) is 11.2. The zero-order chi connectivity index (χ0) is 23.0. The minimum atomic E-state index is -0.123. The van der Waals surface area contributed by atoms with Crippen molar-refractivity contribution in [3.05, 3.63) is 45.9 Å². The fourth-order valence-corrected chi connectivity index (χ4v) is 9.44. The minimum absolute atomic E-state index is 0.0961. The molecule has 0 saturated heterocycles. The van der Waals surface area contributed by atoms with Gasteiger partial charge in [0.05, 0.1) is 10.6 Å². The molecule has 2 aromatic rings. The molecule has 3 nitrogen and oxygen atoms in total. The summed E-state index contributed by atoms with van der Waals surface area (Å²) in [6, 6.07) is 8.07. The summed E-state index contributed by atoms with van der Waals surface area (Å²) in [5.74, 6) is 1.93. The van der Waals surface area contributed by atoms with Crippen molar-refractivity contribution in [3.8, 4) is 10.6 Å². The van der Waals surface area contributed by atoms with Gasteiger partial charge in [-0.1, -0.05) is 43.7 Å². The second-order valence-corrected chi connectivity index (χ2v) is 12.6. The number of thiazole rings is 1. The molecule has 4 aliphatic carbocycles. The molecule has 1 aromatic heterocycles. The van der Waals surface area contributed by atoms with Crippen molar-refractivity contribution in [1.82, 2.24) is 4.98 Å². The van der Waals surface area contributed by atoms with Crippen LogP contribution in [0.3, 0.4) is 0 Å². The average Bonchev–Trinajstić information content (AvgIpc) is 3.34. The van der Waals surface area contributed by atoms with Gasteiger partial charge in [0.2, 0.25) is 0 Å². The van der Waals surface area contributed by atoms with Crippen molar-refractivity contribution in [2.75, 3.05) is 0 Å². The number of nitrogens with zero attached hydrogens (tertiary/aromatic N) is 1. The number of ether oxygens (including phenoxy) is 1. The van der Waals surface area contributed by atoms with E-state index in [-0.39, 0.29) is 22.9 Å². The number of hydrogen-bond acceptors (Lipinski definition) is 4. The molecule has 33 heavy (non-hydrogen) atoms. The maximum atomic E-state index is 11.7. The Balaban J connectivity index is 1.34. The zero-order valence-corrected chi connectivity index (χ0v) is 21.3. The number of halogens is 1. The second kappa shape index (κ2) is 7.68. The summed E-state index contributed by atoms with van der Waals surface area (Å²) >= 11 is 8.11. The number of fused-ring (bicyclic) bond motifs is 7. The van der Waals surface area contributed by atoms with Crippen molar-refractivity contribution in [2.45, 2.75) is 71.8 Å². The third kappa shape index (κ3) is 3.27. The van der Waals surface area contributed by atoms with Crippen molar-refractivity contribution < 1.29 is 9.53 Å². The Bertz CT molecular complexity index is 1150. The highest BCUT2D eigenvalue weighted by atomic mass is 35.5. The number of hydrogen-bond donors (Lipinski definition) is 0. The molecule has 174 valence electrons. The maximum absolute atomic E-state index is 11.7. The Morgan fingerprint density at radius 1 is 1.18 bits per heavy atom. The summed E-state index contributed by atoms with van der Waals surface area (Å²) in [4.78, 5) is 18.2. The van der Waals surface area contributed by atoms with E-state index in [9.17, 15) is 4.79 Å². The van der Waals surface area contributed by atoms with Gasteiger partial charge in [-0.3, -0.25) is 4.79 Å². The van der Waals surface area contributed by atoms with Crippen LogP contribution < -0.4 is 0 Å². The number of carbonyl (C=O) groups excluding carboxylic acids is 1. The summed E-state index contributed by atoms with van der Waals surface area (Å²) in [5, 5.41) is 1.85. The van der Waals surface area contributed by atoms with Crippen LogP contribution in [-0.2, 0) is 16.0 Å². The van der Waals surface area contributed by atoms with Crippen LogP contribution in [0.1, 0.15) is 69.9 Å². The first-order valence-corrected chi connectivity index (χ1v) is 13.6. The molecule has 0 bridgehead atoms. The number of rotatable bonds is 2. The topological polar surface area (TPSA) is 39.2 Å². The summed E-state index contributed by atoms with van der Waals surface area (Å²) in [6.07, 6.45) is 10.7. The lowest BCUT2D eigenvalue weighted by molar-refractivity contribution is -0.156. The molecule has 6 rings (SSSR count). The van der Waals surface area contributed by atoms with E-state index in [0.717, 1.165) is 34.9 Å². The number of aryl methyl sites for hydroxylation is 1. The van der Waals surface area contributed by atoms with Crippen LogP contribution >= 0.6 is 22.9 Å². The van der Waals surface area contributed by atoms with Gasteiger partial charge < -0.3 is 4.74 Å². The first-order chi connectivity index (χ1) is 15.8. The van der Waals surface area contributed by atoms with Gasteiger partial charge in [-0.15, -0.1) is 11.3 Å². The fourth-order valence-electron chi connectivity index (χ4n) is 7.97. The molecule has 5 heteroatoms. The van der Waals surface area contributed by atoms with Crippen molar-refractivity contribution >= 4 is 34.5 Å². The molecule has 0 radical (unpaired) electrons. The summed E-state index contributed by atoms with van der Waals surface area (Å²) in [6.45, 7) is 6.49. The standard InChI is InChI=1S/C28H32ClNO2S/c1-16(31)32-24-10-9-20-19-7-8-22-25-23(30-26(33-25)17-5-4-6-18(29)15-17)12-14-27(22,2)21(19)11-13-28(20,24)3/h4-6,8,15,19-21,24H,7,9-14H2,1-3H3/t19-,20-,21-,24-,27+,28-/m0/s1. The third-order valence-corrected chi connectivity index (χ3v) is 11.0. The zero-order valence-electron chi connectivity index (χ0n) is 19.7. The molecule has 2 fully saturated rings. The number of aromatic nitrogens is 1. The summed E-state index contributed by atoms with van der Waals surface area (Å²) in [5.41, 5.74) is 4.30. The molecule has 0 amide bonds. The van der Waals surface area contributed by atoms with Crippen LogP contribution in [0.15, 0.2) is 30.3 Å². The Morgan fingerprint density at radius 3 is 2.82 bits per heavy atom. The molecule has 6 atom stereocenters. The van der Waals surface area contributed by atoms with Crippen LogP contribution in [0.25, 0.3) is 16.1 Å². The normalized spacial score (nSPS) is 36.8. The predicted molar refractivity (Wildman–Crippen MR) is 134 cm³/mol. The van der Waals surface area contributed by atoms with Gasteiger partial charge in [-0.25, -0.2) is 4.98 Å². The number of esters is 1. The molecule has 0 aliphatic heterocycles. The van der Waals surface area contributed by atoms with Gasteiger partial charge in [0, 0.05) is 22.9 Å². The highest BCUT2D eigenvalue weighted by molar-refractivity contribution is 7.16. The molecule has 1 heterocycles. The minimum Gasteiger partial charge on any atom is -0.462 e. The lowest BCUT2D eigenvalue weighted by atomic mass is 9.48. The highest BCUT2D eigenvalue weighted by Crippen LogP contribution is 2.66. The quantitative estimate of drug-likeness (QED) is 0.415. The molecular formula is C28H32ClNO2S. The number of carbonyl (C=O) groups is 1. The van der Waals surface area contributed by atoms with Crippen LogP contribution in [-0.4, -0.2) is 17.1 Å². The van der Waals surface area contributed by atoms with E-state index in [1.165, 1.54) is 36.3 Å². The average molecular weight is 482 g/mol. The third-order valence-electron chi connectivity index (χ3n) is 9.58. The van der Waals surface area contributed by atoms with Crippen LogP contribution in [0.2, 0.25) is 5.02 Å². The summed E-state index contributed by atoms with van der Waals surface area (Å²) < 4.78 is 5.82. The Kier molecular flexibility index (Phi) is 5.09. The summed E-state index contributed by atoms with van der Waals surface area (Å²) in [7, 11) is 0. The van der Waals surface area contributed by atoms with E-state index in [1.54, 1.807) is 12.5 Å². The van der Waals surface area contributed by atoms with E-state index in [1.807, 2.05) is 29.5 Å². The van der Waals surface area contributed by atoms with E-state index < -0.39 is 0 Å². The Morgan fingerprint density at radius 2 is 2.03 bits per heavy atom. The molecule has 0 spiro atoms. The van der Waals surface area contributed by atoms with Crippen LogP contribution in [0, 0.1) is 28.6 Å². The highest BCUT2D eigenvalue weighted by Gasteiger charge is 2.59. The van der Waals surface area contributed by atoms with Gasteiger partial charge in [0.1, 0.15) is 11.1 Å². The molecule has 0 N–H and O–H groups in total. The van der Waals surface area contributed by atoms with E-state index in [0.29, 0.717) is 17.8 Å². The molecule has 0 unspecified atom stereocenters. The van der Waals surface area contributed by atoms with Gasteiger partial charge >= 0.3 is 5.97 Å². The van der Waals surface area contributed by atoms with Gasteiger partial charge in [-0.2, -0.15) is 0 Å². The van der Waals surface area contributed by atoms with Crippen molar-refractivity contribution in [2.24, 2.45) is 28.6 Å². The molecule has 2 saturated carbocycles. The molecule has 1 aromatic carbocycles. The lowest BCUT2D eigenvalue weighted by Gasteiger charge is -2.56. The van der Waals surface area contributed by atoms with Gasteiger partial charge in [0.25, 0.3) is 0 Å². The van der Waals surface area contributed by atoms with E-state index in [4.69, 9.17) is 21.3 Å². The van der Waals surface area contributed by atoms with Crippen LogP contribution in [0.5, 0.6) is 0 Å². The smallest absolute Gasteiger partial charge is 0.302 e. The monoisotopic (exact) mass is 481 g/mol. The Labute approximate surface area is 205 Å². The van der Waals surface area contributed by atoms with E-state index >= 15 is 0 Å². The lowest BCUT2D eigenvalue weighted by Crippen LogP contribution is -2.50. The number of allylic oxidation sites excluding steroid dienone is 2. The Hall–Kier alpha value is -1.65. The predicted octanol–water partition coefficient (Wildman–Crippen LogP) is 7.58. The maximum Gasteiger partial charge on any atom is 0.302 e. The van der Waals surface area contributed by atoms with Gasteiger partial charge in [0.15, 0.2) is 0 Å². The number of benzene rings is 1. The van der Waals surface area contributed by atoms with E-state index in [2.05, 4.69) is 26.0 Å². The van der Waals surface area contributed by atoms with Gasteiger partial charge in [-0.05, 0) is 85.8 Å². The fraction of sp³-hybridized carbons (Fsp3) is 0.571. The van der Waals surface area contributed by atoms with Crippen molar-refractivity contribution in [3.63, 3.8) is 0 Å². The first kappa shape index (κ1) is 21.9. The molecule has 4 aliphatic rings.